The normalized spacial score (nSPS) is 15.2. The highest BCUT2D eigenvalue weighted by atomic mass is 35.5. The number of nitrogens with two attached hydrogens (primary N) is 1. The summed E-state index contributed by atoms with van der Waals surface area (Å²) in [6.45, 7) is 0. The molecule has 0 saturated heterocycles. The maximum Gasteiger partial charge on any atom is 0.143 e. The van der Waals surface area contributed by atoms with Crippen molar-refractivity contribution in [2.75, 3.05) is 5.43 Å². The van der Waals surface area contributed by atoms with Gasteiger partial charge in [-0.05, 0) is 25.0 Å². The minimum Gasteiger partial charge on any atom is -0.323 e. The van der Waals surface area contributed by atoms with E-state index in [1.807, 2.05) is 6.07 Å². The Bertz CT molecular complexity index is 596. The fourth-order valence-electron chi connectivity index (χ4n) is 1.95. The van der Waals surface area contributed by atoms with Gasteiger partial charge in [-0.3, -0.25) is 10.8 Å². The summed E-state index contributed by atoms with van der Waals surface area (Å²) in [6.07, 6.45) is 2.27. The number of benzene rings is 1. The fraction of sp³-hybridized carbons (Fsp3) is 0.250. The molecule has 0 unspecified atom stereocenters. The van der Waals surface area contributed by atoms with Crippen LogP contribution in [0.2, 0.25) is 5.02 Å². The van der Waals surface area contributed by atoms with Gasteiger partial charge in [0.25, 0.3) is 0 Å². The van der Waals surface area contributed by atoms with Crippen LogP contribution in [0.1, 0.15) is 24.5 Å². The van der Waals surface area contributed by atoms with Crippen molar-refractivity contribution in [3.8, 4) is 0 Å². The van der Waals surface area contributed by atoms with Crippen LogP contribution in [0, 0.1) is 5.82 Å². The van der Waals surface area contributed by atoms with Gasteiger partial charge in [0.2, 0.25) is 0 Å². The van der Waals surface area contributed by atoms with Gasteiger partial charge in [0.1, 0.15) is 5.82 Å². The van der Waals surface area contributed by atoms with Crippen molar-refractivity contribution in [2.24, 2.45) is 5.84 Å². The third-order valence-electron chi connectivity index (χ3n) is 3.02. The lowest BCUT2D eigenvalue weighted by Gasteiger charge is -2.09. The molecule has 2 aromatic rings. The van der Waals surface area contributed by atoms with Gasteiger partial charge in [0.05, 0.1) is 16.2 Å². The van der Waals surface area contributed by atoms with Gasteiger partial charge in [-0.1, -0.05) is 11.6 Å². The first kappa shape index (κ1) is 10.7. The molecule has 3 rings (SSSR count). The monoisotopic (exact) mass is 251 g/mol. The van der Waals surface area contributed by atoms with Crippen LogP contribution in [0.5, 0.6) is 0 Å². The number of nitrogen functional groups attached to an aromatic ring is 1. The Morgan fingerprint density at radius 3 is 2.76 bits per heavy atom. The van der Waals surface area contributed by atoms with Gasteiger partial charge in [0.15, 0.2) is 0 Å². The number of halogens is 2. The minimum absolute atomic E-state index is 0.0787. The second-order valence-electron chi connectivity index (χ2n) is 4.30. The van der Waals surface area contributed by atoms with Gasteiger partial charge < -0.3 is 5.43 Å². The molecule has 17 heavy (non-hydrogen) atoms. The van der Waals surface area contributed by atoms with Crippen LogP contribution in [0.25, 0.3) is 10.9 Å². The number of hydrazine groups is 1. The molecule has 88 valence electrons. The van der Waals surface area contributed by atoms with E-state index in [1.165, 1.54) is 6.07 Å². The standard InChI is InChI=1S/C12H11ClFN3/c13-8-3-7-11(4-9(8)14)16-10(6-1-2-6)5-12(7)17-15/h3-6H,1-2,15H2,(H,16,17). The fourth-order valence-corrected chi connectivity index (χ4v) is 2.11. The van der Waals surface area contributed by atoms with Crippen LogP contribution in [-0.4, -0.2) is 4.98 Å². The second kappa shape index (κ2) is 3.82. The van der Waals surface area contributed by atoms with Crippen molar-refractivity contribution in [1.29, 1.82) is 0 Å². The second-order valence-corrected chi connectivity index (χ2v) is 4.70. The molecule has 1 aliphatic rings. The third kappa shape index (κ3) is 1.83. The summed E-state index contributed by atoms with van der Waals surface area (Å²) in [5.74, 6) is 5.51. The van der Waals surface area contributed by atoms with E-state index in [2.05, 4.69) is 10.4 Å². The van der Waals surface area contributed by atoms with Crippen LogP contribution >= 0.6 is 11.6 Å². The Morgan fingerprint density at radius 1 is 1.35 bits per heavy atom. The van der Waals surface area contributed by atoms with Crippen LogP contribution in [0.15, 0.2) is 18.2 Å². The van der Waals surface area contributed by atoms with Crippen molar-refractivity contribution >= 4 is 28.2 Å². The van der Waals surface area contributed by atoms with Crippen molar-refractivity contribution in [3.63, 3.8) is 0 Å². The maximum absolute atomic E-state index is 13.4. The van der Waals surface area contributed by atoms with Crippen LogP contribution in [0.3, 0.4) is 0 Å². The molecule has 3 nitrogen and oxygen atoms in total. The zero-order valence-corrected chi connectivity index (χ0v) is 9.76. The molecule has 1 heterocycles. The summed E-state index contributed by atoms with van der Waals surface area (Å²) >= 11 is 5.76. The zero-order valence-electron chi connectivity index (χ0n) is 9.00. The molecule has 0 spiro atoms. The Labute approximate surface area is 103 Å². The molecule has 5 heteroatoms. The molecule has 1 aromatic heterocycles. The summed E-state index contributed by atoms with van der Waals surface area (Å²) in [6, 6.07) is 4.81. The van der Waals surface area contributed by atoms with Crippen LogP contribution < -0.4 is 11.3 Å². The lowest BCUT2D eigenvalue weighted by Crippen LogP contribution is -2.08. The van der Waals surface area contributed by atoms with E-state index in [9.17, 15) is 4.39 Å². The van der Waals surface area contributed by atoms with Gasteiger partial charge in [-0.2, -0.15) is 0 Å². The van der Waals surface area contributed by atoms with E-state index in [0.29, 0.717) is 11.4 Å². The maximum atomic E-state index is 13.4. The first-order valence-corrected chi connectivity index (χ1v) is 5.83. The van der Waals surface area contributed by atoms with E-state index in [4.69, 9.17) is 17.4 Å². The Kier molecular flexibility index (Phi) is 2.42. The topological polar surface area (TPSA) is 50.9 Å². The number of fused-ring (bicyclic) bond motifs is 1. The number of hydrogen-bond donors (Lipinski definition) is 2. The number of aromatic nitrogens is 1. The molecule has 0 atom stereocenters. The molecule has 0 aliphatic heterocycles. The first-order valence-electron chi connectivity index (χ1n) is 5.45. The van der Waals surface area contributed by atoms with Gasteiger partial charge >= 0.3 is 0 Å². The summed E-state index contributed by atoms with van der Waals surface area (Å²) in [5, 5.41) is 0.818. The molecule has 1 aliphatic carbocycles. The lowest BCUT2D eigenvalue weighted by atomic mass is 10.1. The average Bonchev–Trinajstić information content (AvgIpc) is 3.13. The van der Waals surface area contributed by atoms with E-state index < -0.39 is 5.82 Å². The van der Waals surface area contributed by atoms with Crippen molar-refractivity contribution in [1.82, 2.24) is 4.98 Å². The number of rotatable bonds is 2. The molecule has 0 bridgehead atoms. The first-order chi connectivity index (χ1) is 8.19. The SMILES string of the molecule is NNc1cc(C2CC2)nc2cc(F)c(Cl)cc12. The number of nitrogens with zero attached hydrogens (tertiary/aromatic N) is 1. The molecular formula is C12H11ClFN3. The molecule has 0 amide bonds. The smallest absolute Gasteiger partial charge is 0.143 e. The Balaban J connectivity index is 2.28. The van der Waals surface area contributed by atoms with Gasteiger partial charge in [0, 0.05) is 23.1 Å². The van der Waals surface area contributed by atoms with Crippen molar-refractivity contribution < 1.29 is 4.39 Å². The molecular weight excluding hydrogens is 241 g/mol. The summed E-state index contributed by atoms with van der Waals surface area (Å²) in [5.41, 5.74) is 4.91. The van der Waals surface area contributed by atoms with E-state index in [0.717, 1.165) is 29.6 Å². The minimum atomic E-state index is -0.456. The molecule has 3 N–H and O–H groups in total. The largest absolute Gasteiger partial charge is 0.323 e. The Morgan fingerprint density at radius 2 is 2.12 bits per heavy atom. The van der Waals surface area contributed by atoms with Crippen LogP contribution in [-0.2, 0) is 0 Å². The highest BCUT2D eigenvalue weighted by Crippen LogP contribution is 2.41. The number of hydrogen-bond acceptors (Lipinski definition) is 3. The predicted molar refractivity (Wildman–Crippen MR) is 66.5 cm³/mol. The average molecular weight is 252 g/mol. The summed E-state index contributed by atoms with van der Waals surface area (Å²) in [4.78, 5) is 4.45. The van der Waals surface area contributed by atoms with Crippen LogP contribution in [0.4, 0.5) is 10.1 Å². The van der Waals surface area contributed by atoms with Gasteiger partial charge in [-0.15, -0.1) is 0 Å². The molecule has 1 saturated carbocycles. The quantitative estimate of drug-likeness (QED) is 0.637. The molecule has 0 radical (unpaired) electrons. The molecule has 1 aromatic carbocycles. The number of pyridine rings is 1. The van der Waals surface area contributed by atoms with E-state index in [-0.39, 0.29) is 5.02 Å². The molecule has 1 fully saturated rings. The highest BCUT2D eigenvalue weighted by molar-refractivity contribution is 6.31. The lowest BCUT2D eigenvalue weighted by molar-refractivity contribution is 0.629. The predicted octanol–water partition coefficient (Wildman–Crippen LogP) is 3.19. The number of nitrogens with one attached hydrogen (secondary N) is 1. The van der Waals surface area contributed by atoms with Crippen molar-refractivity contribution in [3.05, 3.63) is 34.7 Å². The zero-order chi connectivity index (χ0) is 12.0. The van der Waals surface area contributed by atoms with E-state index >= 15 is 0 Å². The van der Waals surface area contributed by atoms with Gasteiger partial charge in [-0.25, -0.2) is 4.39 Å². The summed E-state index contributed by atoms with van der Waals surface area (Å²) < 4.78 is 13.4. The van der Waals surface area contributed by atoms with Crippen molar-refractivity contribution in [2.45, 2.75) is 18.8 Å². The highest BCUT2D eigenvalue weighted by Gasteiger charge is 2.26. The summed E-state index contributed by atoms with van der Waals surface area (Å²) in [7, 11) is 0. The Hall–Kier alpha value is -1.39. The van der Waals surface area contributed by atoms with E-state index in [1.54, 1.807) is 6.07 Å². The third-order valence-corrected chi connectivity index (χ3v) is 3.31. The number of anilines is 1.